The molecule has 1 aromatic heterocycles. The van der Waals surface area contributed by atoms with Crippen molar-refractivity contribution in [2.24, 2.45) is 11.7 Å². The van der Waals surface area contributed by atoms with Crippen LogP contribution in [0.2, 0.25) is 0 Å². The molecule has 1 aliphatic rings. The number of hydrogen-bond acceptors (Lipinski definition) is 5. The maximum Gasteiger partial charge on any atom is 0.228 e. The first-order chi connectivity index (χ1) is 7.69. The zero-order chi connectivity index (χ0) is 11.5. The van der Waals surface area contributed by atoms with Gasteiger partial charge >= 0.3 is 0 Å². The van der Waals surface area contributed by atoms with E-state index in [-0.39, 0.29) is 12.1 Å². The van der Waals surface area contributed by atoms with Crippen molar-refractivity contribution in [3.63, 3.8) is 0 Å². The second-order valence-electron chi connectivity index (χ2n) is 4.56. The molecule has 0 bridgehead atoms. The summed E-state index contributed by atoms with van der Waals surface area (Å²) in [6.07, 6.45) is 3.96. The summed E-state index contributed by atoms with van der Waals surface area (Å²) in [4.78, 5) is 4.31. The quantitative estimate of drug-likeness (QED) is 0.779. The molecule has 1 saturated carbocycles. The fourth-order valence-corrected chi connectivity index (χ4v) is 1.69. The highest BCUT2D eigenvalue weighted by molar-refractivity contribution is 4.94. The molecule has 0 amide bonds. The number of hydrogen-bond donors (Lipinski definition) is 1. The van der Waals surface area contributed by atoms with Gasteiger partial charge < -0.3 is 15.0 Å². The molecule has 1 fully saturated rings. The van der Waals surface area contributed by atoms with Gasteiger partial charge in [-0.3, -0.25) is 0 Å². The third kappa shape index (κ3) is 3.02. The number of methoxy groups -OCH3 is 1. The molecule has 1 aromatic rings. The molecular weight excluding hydrogens is 206 g/mol. The van der Waals surface area contributed by atoms with Crippen molar-refractivity contribution in [3.05, 3.63) is 11.7 Å². The van der Waals surface area contributed by atoms with Crippen molar-refractivity contribution in [3.8, 4) is 0 Å². The van der Waals surface area contributed by atoms with Crippen molar-refractivity contribution in [1.29, 1.82) is 0 Å². The van der Waals surface area contributed by atoms with Gasteiger partial charge in [-0.25, -0.2) is 0 Å². The summed E-state index contributed by atoms with van der Waals surface area (Å²) in [6.45, 7) is 1.98. The van der Waals surface area contributed by atoms with E-state index >= 15 is 0 Å². The van der Waals surface area contributed by atoms with E-state index in [0.29, 0.717) is 30.5 Å². The van der Waals surface area contributed by atoms with Crippen LogP contribution in [0, 0.1) is 5.92 Å². The van der Waals surface area contributed by atoms with Gasteiger partial charge in [0.05, 0.1) is 6.10 Å². The van der Waals surface area contributed by atoms with Crippen LogP contribution in [0.5, 0.6) is 0 Å². The molecule has 0 spiro atoms. The second kappa shape index (κ2) is 4.93. The molecule has 90 valence electrons. The lowest BCUT2D eigenvalue weighted by molar-refractivity contribution is 0.116. The van der Waals surface area contributed by atoms with E-state index in [4.69, 9.17) is 15.0 Å². The van der Waals surface area contributed by atoms with E-state index in [0.717, 1.165) is 0 Å². The summed E-state index contributed by atoms with van der Waals surface area (Å²) in [5.41, 5.74) is 6.00. The van der Waals surface area contributed by atoms with E-state index in [1.165, 1.54) is 12.8 Å². The number of rotatable bonds is 6. The molecule has 2 rings (SSSR count). The average molecular weight is 225 g/mol. The minimum atomic E-state index is 0.113. The fraction of sp³-hybridized carbons (Fsp3) is 0.818. The maximum absolute atomic E-state index is 6.00. The Morgan fingerprint density at radius 3 is 2.88 bits per heavy atom. The lowest BCUT2D eigenvalue weighted by Gasteiger charge is -2.05. The molecule has 1 aliphatic carbocycles. The highest BCUT2D eigenvalue weighted by Crippen LogP contribution is 2.32. The standard InChI is InChI=1S/C11H19N3O2/c1-7(15-2)5-10-13-11(16-14-10)6-9(12)8-3-4-8/h7-9H,3-6,12H2,1-2H3. The van der Waals surface area contributed by atoms with Crippen LogP contribution in [0.1, 0.15) is 31.5 Å². The van der Waals surface area contributed by atoms with Crippen LogP contribution >= 0.6 is 0 Å². The van der Waals surface area contributed by atoms with Gasteiger partial charge in [-0.1, -0.05) is 5.16 Å². The van der Waals surface area contributed by atoms with E-state index in [1.54, 1.807) is 7.11 Å². The van der Waals surface area contributed by atoms with E-state index in [9.17, 15) is 0 Å². The second-order valence-corrected chi connectivity index (χ2v) is 4.56. The summed E-state index contributed by atoms with van der Waals surface area (Å²) < 4.78 is 10.3. The van der Waals surface area contributed by atoms with Crippen molar-refractivity contribution in [1.82, 2.24) is 10.1 Å². The highest BCUT2D eigenvalue weighted by atomic mass is 16.5. The topological polar surface area (TPSA) is 74.2 Å². The summed E-state index contributed by atoms with van der Waals surface area (Å²) >= 11 is 0. The predicted molar refractivity (Wildman–Crippen MR) is 58.9 cm³/mol. The molecule has 0 aliphatic heterocycles. The van der Waals surface area contributed by atoms with Crippen molar-refractivity contribution in [2.45, 2.75) is 44.8 Å². The molecule has 2 atom stereocenters. The summed E-state index contributed by atoms with van der Waals surface area (Å²) in [6, 6.07) is 0.174. The molecular formula is C11H19N3O2. The molecule has 0 aromatic carbocycles. The third-order valence-corrected chi connectivity index (χ3v) is 3.02. The number of nitrogens with two attached hydrogens (primary N) is 1. The van der Waals surface area contributed by atoms with Crippen LogP contribution in [0.3, 0.4) is 0 Å². The van der Waals surface area contributed by atoms with Crippen LogP contribution in [-0.4, -0.2) is 29.4 Å². The Morgan fingerprint density at radius 1 is 1.50 bits per heavy atom. The number of nitrogens with zero attached hydrogens (tertiary/aromatic N) is 2. The minimum absolute atomic E-state index is 0.113. The Balaban J connectivity index is 1.86. The largest absolute Gasteiger partial charge is 0.381 e. The summed E-state index contributed by atoms with van der Waals surface area (Å²) in [5.74, 6) is 2.01. The molecule has 5 heteroatoms. The smallest absolute Gasteiger partial charge is 0.228 e. The van der Waals surface area contributed by atoms with Crippen LogP contribution in [0.15, 0.2) is 4.52 Å². The summed E-state index contributed by atoms with van der Waals surface area (Å²) in [5, 5.41) is 3.92. The van der Waals surface area contributed by atoms with Crippen molar-refractivity contribution >= 4 is 0 Å². The first kappa shape index (κ1) is 11.5. The molecule has 1 heterocycles. The Hall–Kier alpha value is -0.940. The zero-order valence-electron chi connectivity index (χ0n) is 9.85. The van der Waals surface area contributed by atoms with Crippen molar-refractivity contribution in [2.75, 3.05) is 7.11 Å². The van der Waals surface area contributed by atoms with E-state index in [1.807, 2.05) is 6.92 Å². The number of aromatic nitrogens is 2. The molecule has 2 N–H and O–H groups in total. The SMILES string of the molecule is COC(C)Cc1noc(CC(N)C2CC2)n1. The predicted octanol–water partition coefficient (Wildman–Crippen LogP) is 0.927. The molecule has 0 radical (unpaired) electrons. The molecule has 2 unspecified atom stereocenters. The third-order valence-electron chi connectivity index (χ3n) is 3.02. The van der Waals surface area contributed by atoms with Gasteiger partial charge in [0.25, 0.3) is 0 Å². The molecule has 16 heavy (non-hydrogen) atoms. The van der Waals surface area contributed by atoms with Gasteiger partial charge in [0.15, 0.2) is 5.82 Å². The van der Waals surface area contributed by atoms with Gasteiger partial charge in [-0.15, -0.1) is 0 Å². The average Bonchev–Trinajstić information content (AvgIpc) is 3.03. The normalized spacial score (nSPS) is 19.7. The Bertz CT molecular complexity index is 336. The Morgan fingerprint density at radius 2 is 2.25 bits per heavy atom. The van der Waals surface area contributed by atoms with Crippen LogP contribution in [0.25, 0.3) is 0 Å². The van der Waals surface area contributed by atoms with Crippen LogP contribution in [0.4, 0.5) is 0 Å². The van der Waals surface area contributed by atoms with Crippen LogP contribution < -0.4 is 5.73 Å². The summed E-state index contributed by atoms with van der Waals surface area (Å²) in [7, 11) is 1.68. The van der Waals surface area contributed by atoms with Gasteiger partial charge in [0.2, 0.25) is 5.89 Å². The Labute approximate surface area is 95.3 Å². The maximum atomic E-state index is 6.00. The first-order valence-corrected chi connectivity index (χ1v) is 5.79. The van der Waals surface area contributed by atoms with Crippen LogP contribution in [-0.2, 0) is 17.6 Å². The molecule has 0 saturated heterocycles. The first-order valence-electron chi connectivity index (χ1n) is 5.79. The van der Waals surface area contributed by atoms with Gasteiger partial charge in [0.1, 0.15) is 0 Å². The minimum Gasteiger partial charge on any atom is -0.381 e. The number of ether oxygens (including phenoxy) is 1. The van der Waals surface area contributed by atoms with E-state index < -0.39 is 0 Å². The van der Waals surface area contributed by atoms with Gasteiger partial charge in [0, 0.05) is 26.0 Å². The lowest BCUT2D eigenvalue weighted by atomic mass is 10.1. The highest BCUT2D eigenvalue weighted by Gasteiger charge is 2.29. The van der Waals surface area contributed by atoms with Gasteiger partial charge in [-0.05, 0) is 25.7 Å². The monoisotopic (exact) mass is 225 g/mol. The molecule has 5 nitrogen and oxygen atoms in total. The fourth-order valence-electron chi connectivity index (χ4n) is 1.69. The van der Waals surface area contributed by atoms with Crippen molar-refractivity contribution < 1.29 is 9.26 Å². The zero-order valence-corrected chi connectivity index (χ0v) is 9.85. The van der Waals surface area contributed by atoms with Gasteiger partial charge in [-0.2, -0.15) is 4.98 Å². The van der Waals surface area contributed by atoms with E-state index in [2.05, 4.69) is 10.1 Å². The Kier molecular flexibility index (Phi) is 3.56. The lowest BCUT2D eigenvalue weighted by Crippen LogP contribution is -2.25.